The third kappa shape index (κ3) is 4.45. The summed E-state index contributed by atoms with van der Waals surface area (Å²) in [7, 11) is 1.94. The van der Waals surface area contributed by atoms with Gasteiger partial charge in [0.2, 0.25) is 0 Å². The van der Waals surface area contributed by atoms with Crippen molar-refractivity contribution in [2.75, 3.05) is 13.6 Å². The molecule has 1 rings (SSSR count). The topological polar surface area (TPSA) is 20.3 Å². The van der Waals surface area contributed by atoms with Gasteiger partial charge in [0.1, 0.15) is 5.78 Å². The average Bonchev–Trinajstić information content (AvgIpc) is 2.17. The summed E-state index contributed by atoms with van der Waals surface area (Å²) in [6.45, 7) is 3.14. The quantitative estimate of drug-likeness (QED) is 0.768. The Morgan fingerprint density at radius 2 is 2.20 bits per heavy atom. The van der Waals surface area contributed by atoms with Crippen molar-refractivity contribution in [2.24, 2.45) is 0 Å². The minimum absolute atomic E-state index is 0.263. The average molecular weight is 226 g/mol. The SMILES string of the molecule is CCC(=O)CN(C)Cc1cccc(Cl)c1. The molecule has 0 unspecified atom stereocenters. The molecule has 82 valence electrons. The van der Waals surface area contributed by atoms with Crippen LogP contribution in [-0.2, 0) is 11.3 Å². The maximum absolute atomic E-state index is 11.2. The molecule has 0 bridgehead atoms. The highest BCUT2D eigenvalue weighted by atomic mass is 35.5. The Morgan fingerprint density at radius 1 is 1.47 bits per heavy atom. The maximum atomic E-state index is 11.2. The molecule has 0 amide bonds. The molecule has 0 atom stereocenters. The number of carbonyl (C=O) groups is 1. The molecule has 3 heteroatoms. The van der Waals surface area contributed by atoms with E-state index in [-0.39, 0.29) is 5.78 Å². The first-order chi connectivity index (χ1) is 7.11. The summed E-state index contributed by atoms with van der Waals surface area (Å²) in [6.07, 6.45) is 0.597. The maximum Gasteiger partial charge on any atom is 0.146 e. The number of carbonyl (C=O) groups excluding carboxylic acids is 1. The second kappa shape index (κ2) is 5.89. The first-order valence-electron chi connectivity index (χ1n) is 5.06. The van der Waals surface area contributed by atoms with E-state index in [1.54, 1.807) is 0 Å². The van der Waals surface area contributed by atoms with E-state index in [2.05, 4.69) is 0 Å². The van der Waals surface area contributed by atoms with E-state index in [0.717, 1.165) is 17.1 Å². The van der Waals surface area contributed by atoms with Crippen LogP contribution in [0.1, 0.15) is 18.9 Å². The van der Waals surface area contributed by atoms with Gasteiger partial charge < -0.3 is 0 Å². The zero-order valence-electron chi connectivity index (χ0n) is 9.16. The Hall–Kier alpha value is -0.860. The summed E-state index contributed by atoms with van der Waals surface area (Å²) in [4.78, 5) is 13.2. The Morgan fingerprint density at radius 3 is 2.80 bits per heavy atom. The van der Waals surface area contributed by atoms with Crippen molar-refractivity contribution in [2.45, 2.75) is 19.9 Å². The van der Waals surface area contributed by atoms with Crippen LogP contribution in [0.3, 0.4) is 0 Å². The van der Waals surface area contributed by atoms with E-state index in [9.17, 15) is 4.79 Å². The fourth-order valence-corrected chi connectivity index (χ4v) is 1.63. The second-order valence-corrected chi connectivity index (χ2v) is 4.13. The third-order valence-electron chi connectivity index (χ3n) is 2.18. The van der Waals surface area contributed by atoms with Gasteiger partial charge in [0.25, 0.3) is 0 Å². The number of nitrogens with zero attached hydrogens (tertiary/aromatic N) is 1. The summed E-state index contributed by atoms with van der Waals surface area (Å²) in [5.74, 6) is 0.263. The van der Waals surface area contributed by atoms with E-state index < -0.39 is 0 Å². The standard InChI is InChI=1S/C12H16ClNO/c1-3-12(15)9-14(2)8-10-5-4-6-11(13)7-10/h4-7H,3,8-9H2,1-2H3. The second-order valence-electron chi connectivity index (χ2n) is 3.69. The van der Waals surface area contributed by atoms with Crippen molar-refractivity contribution >= 4 is 17.4 Å². The van der Waals surface area contributed by atoms with Crippen molar-refractivity contribution in [3.63, 3.8) is 0 Å². The molecule has 0 saturated heterocycles. The predicted octanol–water partition coefficient (Wildman–Crippen LogP) is 2.75. The Bertz CT molecular complexity index is 338. The number of halogens is 1. The van der Waals surface area contributed by atoms with Gasteiger partial charge in [0, 0.05) is 18.0 Å². The summed E-state index contributed by atoms with van der Waals surface area (Å²) in [6, 6.07) is 7.71. The molecule has 15 heavy (non-hydrogen) atoms. The first kappa shape index (κ1) is 12.2. The molecule has 0 aromatic heterocycles. The van der Waals surface area contributed by atoms with Gasteiger partial charge in [0.05, 0.1) is 6.54 Å². The van der Waals surface area contributed by atoms with Crippen molar-refractivity contribution in [1.29, 1.82) is 0 Å². The van der Waals surface area contributed by atoms with Crippen LogP contribution < -0.4 is 0 Å². The number of Topliss-reactive ketones (excluding diaryl/α,β-unsaturated/α-hetero) is 1. The smallest absolute Gasteiger partial charge is 0.146 e. The van der Waals surface area contributed by atoms with Gasteiger partial charge in [-0.25, -0.2) is 0 Å². The lowest BCUT2D eigenvalue weighted by Gasteiger charge is -2.15. The number of likely N-dealkylation sites (N-methyl/N-ethyl adjacent to an activating group) is 1. The number of rotatable bonds is 5. The summed E-state index contributed by atoms with van der Waals surface area (Å²) >= 11 is 5.88. The zero-order valence-corrected chi connectivity index (χ0v) is 9.92. The van der Waals surface area contributed by atoms with Crippen LogP contribution in [0.25, 0.3) is 0 Å². The van der Waals surface area contributed by atoms with E-state index in [1.807, 2.05) is 43.1 Å². The monoisotopic (exact) mass is 225 g/mol. The van der Waals surface area contributed by atoms with Crippen molar-refractivity contribution in [1.82, 2.24) is 4.90 Å². The highest BCUT2D eigenvalue weighted by molar-refractivity contribution is 6.30. The van der Waals surface area contributed by atoms with Crippen LogP contribution in [0.4, 0.5) is 0 Å². The van der Waals surface area contributed by atoms with E-state index >= 15 is 0 Å². The van der Waals surface area contributed by atoms with Crippen molar-refractivity contribution < 1.29 is 4.79 Å². The van der Waals surface area contributed by atoms with Crippen molar-refractivity contribution in [3.05, 3.63) is 34.9 Å². The molecule has 2 nitrogen and oxygen atoms in total. The van der Waals surface area contributed by atoms with Gasteiger partial charge in [-0.05, 0) is 24.7 Å². The Kier molecular flexibility index (Phi) is 4.79. The van der Waals surface area contributed by atoms with E-state index in [0.29, 0.717) is 13.0 Å². The minimum atomic E-state index is 0.263. The molecule has 0 fully saturated rings. The molecule has 0 N–H and O–H groups in total. The molecule has 0 radical (unpaired) electrons. The molecular weight excluding hydrogens is 210 g/mol. The third-order valence-corrected chi connectivity index (χ3v) is 2.42. The minimum Gasteiger partial charge on any atom is -0.298 e. The highest BCUT2D eigenvalue weighted by Crippen LogP contribution is 2.11. The lowest BCUT2D eigenvalue weighted by molar-refractivity contribution is -0.119. The molecule has 1 aromatic rings. The summed E-state index contributed by atoms with van der Waals surface area (Å²) < 4.78 is 0. The van der Waals surface area contributed by atoms with E-state index in [1.165, 1.54) is 0 Å². The molecule has 0 saturated carbocycles. The molecule has 0 aliphatic carbocycles. The molecular formula is C12H16ClNO. The first-order valence-corrected chi connectivity index (χ1v) is 5.44. The van der Waals surface area contributed by atoms with Gasteiger partial charge in [-0.1, -0.05) is 30.7 Å². The molecule has 0 spiro atoms. The van der Waals surface area contributed by atoms with Crippen molar-refractivity contribution in [3.8, 4) is 0 Å². The van der Waals surface area contributed by atoms with Gasteiger partial charge in [-0.15, -0.1) is 0 Å². The Labute approximate surface area is 95.8 Å². The Balaban J connectivity index is 2.51. The van der Waals surface area contributed by atoms with Gasteiger partial charge >= 0.3 is 0 Å². The van der Waals surface area contributed by atoms with Gasteiger partial charge in [-0.2, -0.15) is 0 Å². The largest absolute Gasteiger partial charge is 0.298 e. The molecule has 0 aliphatic rings. The summed E-state index contributed by atoms with van der Waals surface area (Å²) in [5.41, 5.74) is 1.13. The van der Waals surface area contributed by atoms with Gasteiger partial charge in [0.15, 0.2) is 0 Å². The molecule has 0 aliphatic heterocycles. The lowest BCUT2D eigenvalue weighted by Crippen LogP contribution is -2.24. The number of benzene rings is 1. The van der Waals surface area contributed by atoms with Crippen LogP contribution in [0.5, 0.6) is 0 Å². The van der Waals surface area contributed by atoms with Crippen LogP contribution in [0, 0.1) is 0 Å². The zero-order chi connectivity index (χ0) is 11.3. The van der Waals surface area contributed by atoms with Crippen LogP contribution in [-0.4, -0.2) is 24.3 Å². The molecule has 0 heterocycles. The fraction of sp³-hybridized carbons (Fsp3) is 0.417. The normalized spacial score (nSPS) is 10.7. The summed E-state index contributed by atoms with van der Waals surface area (Å²) in [5, 5.41) is 0.739. The van der Waals surface area contributed by atoms with Gasteiger partial charge in [-0.3, -0.25) is 9.69 Å². The number of ketones is 1. The highest BCUT2D eigenvalue weighted by Gasteiger charge is 2.05. The van der Waals surface area contributed by atoms with Crippen LogP contribution >= 0.6 is 11.6 Å². The lowest BCUT2D eigenvalue weighted by atomic mass is 10.2. The number of hydrogen-bond donors (Lipinski definition) is 0. The molecule has 1 aromatic carbocycles. The van der Waals surface area contributed by atoms with E-state index in [4.69, 9.17) is 11.6 Å². The predicted molar refractivity (Wildman–Crippen MR) is 63.1 cm³/mol. The van der Waals surface area contributed by atoms with Crippen LogP contribution in [0.2, 0.25) is 5.02 Å². The van der Waals surface area contributed by atoms with Crippen LogP contribution in [0.15, 0.2) is 24.3 Å². The number of hydrogen-bond acceptors (Lipinski definition) is 2. The fourth-order valence-electron chi connectivity index (χ4n) is 1.42.